The lowest BCUT2D eigenvalue weighted by Crippen LogP contribution is -2.02. The Bertz CT molecular complexity index is 358. The van der Waals surface area contributed by atoms with Crippen LogP contribution in [0.15, 0.2) is 12.1 Å². The number of hydrogen-bond acceptors (Lipinski definition) is 2. The molecule has 1 aromatic rings. The van der Waals surface area contributed by atoms with E-state index in [9.17, 15) is 5.11 Å². The smallest absolute Gasteiger partial charge is 0.124 e. The van der Waals surface area contributed by atoms with E-state index in [0.29, 0.717) is 5.92 Å². The maximum absolute atomic E-state index is 10.0. The fourth-order valence-electron chi connectivity index (χ4n) is 2.24. The largest absolute Gasteiger partial charge is 0.496 e. The number of ether oxygens (including phenoxy) is 1. The fourth-order valence-corrected chi connectivity index (χ4v) is 2.24. The lowest BCUT2D eigenvalue weighted by Gasteiger charge is -2.13. The summed E-state index contributed by atoms with van der Waals surface area (Å²) in [5.74, 6) is 1.13. The van der Waals surface area contributed by atoms with Crippen LogP contribution in [-0.4, -0.2) is 12.2 Å². The molecule has 0 aliphatic heterocycles. The van der Waals surface area contributed by atoms with E-state index in [4.69, 9.17) is 4.74 Å². The molecule has 0 spiro atoms. The van der Waals surface area contributed by atoms with E-state index in [1.165, 1.54) is 11.1 Å². The number of aliphatic hydroxyl groups excluding tert-OH is 1. The molecule has 2 unspecified atom stereocenters. The molecule has 2 nitrogen and oxygen atoms in total. The van der Waals surface area contributed by atoms with Gasteiger partial charge in [-0.1, -0.05) is 13.0 Å². The molecule has 0 fully saturated rings. The van der Waals surface area contributed by atoms with E-state index >= 15 is 0 Å². The van der Waals surface area contributed by atoms with Crippen molar-refractivity contribution < 1.29 is 9.84 Å². The number of benzene rings is 1. The second-order valence-electron chi connectivity index (χ2n) is 4.10. The Morgan fingerprint density at radius 3 is 2.79 bits per heavy atom. The number of aryl methyl sites for hydroxylation is 1. The maximum Gasteiger partial charge on any atom is 0.124 e. The predicted molar refractivity (Wildman–Crippen MR) is 55.6 cm³/mol. The topological polar surface area (TPSA) is 29.5 Å². The summed E-state index contributed by atoms with van der Waals surface area (Å²) >= 11 is 0. The lowest BCUT2D eigenvalue weighted by atomic mass is 10.0. The van der Waals surface area contributed by atoms with E-state index in [-0.39, 0.29) is 6.10 Å². The highest BCUT2D eigenvalue weighted by atomic mass is 16.5. The number of fused-ring (bicyclic) bond motifs is 1. The van der Waals surface area contributed by atoms with Gasteiger partial charge < -0.3 is 9.84 Å². The third-order valence-electron chi connectivity index (χ3n) is 3.13. The second-order valence-corrected chi connectivity index (χ2v) is 4.10. The molecule has 14 heavy (non-hydrogen) atoms. The number of rotatable bonds is 1. The summed E-state index contributed by atoms with van der Waals surface area (Å²) in [6.07, 6.45) is 0.597. The third kappa shape index (κ3) is 1.22. The van der Waals surface area contributed by atoms with E-state index < -0.39 is 0 Å². The zero-order chi connectivity index (χ0) is 10.3. The Balaban J connectivity index is 2.59. The van der Waals surface area contributed by atoms with Gasteiger partial charge >= 0.3 is 0 Å². The van der Waals surface area contributed by atoms with E-state index in [2.05, 4.69) is 19.9 Å². The summed E-state index contributed by atoms with van der Waals surface area (Å²) in [6, 6.07) is 4.00. The van der Waals surface area contributed by atoms with Crippen LogP contribution in [0.1, 0.15) is 29.7 Å². The van der Waals surface area contributed by atoms with Gasteiger partial charge in [-0.15, -0.1) is 0 Å². The molecule has 1 N–H and O–H groups in total. The van der Waals surface area contributed by atoms with Crippen molar-refractivity contribution in [2.45, 2.75) is 26.4 Å². The minimum absolute atomic E-state index is 0.306. The average Bonchev–Trinajstić information content (AvgIpc) is 2.47. The van der Waals surface area contributed by atoms with Crippen molar-refractivity contribution >= 4 is 0 Å². The van der Waals surface area contributed by atoms with Crippen LogP contribution in [0.5, 0.6) is 5.75 Å². The van der Waals surface area contributed by atoms with Gasteiger partial charge in [0.2, 0.25) is 0 Å². The summed E-state index contributed by atoms with van der Waals surface area (Å²) in [4.78, 5) is 0. The molecule has 2 rings (SSSR count). The highest BCUT2D eigenvalue weighted by molar-refractivity contribution is 5.49. The van der Waals surface area contributed by atoms with Gasteiger partial charge in [-0.3, -0.25) is 0 Å². The Morgan fingerprint density at radius 2 is 2.14 bits per heavy atom. The zero-order valence-corrected chi connectivity index (χ0v) is 8.87. The molecule has 1 aliphatic rings. The first-order valence-corrected chi connectivity index (χ1v) is 4.99. The number of hydrogen-bond donors (Lipinski definition) is 1. The van der Waals surface area contributed by atoms with Crippen LogP contribution in [0.4, 0.5) is 0 Å². The molecule has 2 heteroatoms. The molecule has 0 saturated carbocycles. The maximum atomic E-state index is 10.0. The Hall–Kier alpha value is -1.02. The lowest BCUT2D eigenvalue weighted by molar-refractivity contribution is 0.130. The third-order valence-corrected chi connectivity index (χ3v) is 3.13. The predicted octanol–water partition coefficient (Wildman–Crippen LogP) is 2.23. The highest BCUT2D eigenvalue weighted by Gasteiger charge is 2.31. The summed E-state index contributed by atoms with van der Waals surface area (Å²) in [5.41, 5.74) is 3.52. The number of methoxy groups -OCH3 is 1. The molecular weight excluding hydrogens is 176 g/mol. The van der Waals surface area contributed by atoms with Crippen LogP contribution in [0.25, 0.3) is 0 Å². The minimum Gasteiger partial charge on any atom is -0.496 e. The zero-order valence-electron chi connectivity index (χ0n) is 8.87. The summed E-state index contributed by atoms with van der Waals surface area (Å²) < 4.78 is 5.27. The quantitative estimate of drug-likeness (QED) is 0.739. The number of aliphatic hydroxyl groups is 1. The van der Waals surface area contributed by atoms with Gasteiger partial charge in [-0.05, 0) is 36.5 Å². The van der Waals surface area contributed by atoms with Crippen molar-refractivity contribution in [2.75, 3.05) is 7.11 Å². The van der Waals surface area contributed by atoms with E-state index in [1.807, 2.05) is 6.07 Å². The minimum atomic E-state index is -0.361. The Labute approximate surface area is 84.5 Å². The average molecular weight is 192 g/mol. The first-order valence-electron chi connectivity index (χ1n) is 4.99. The molecule has 2 atom stereocenters. The molecule has 1 aromatic carbocycles. The van der Waals surface area contributed by atoms with Crippen LogP contribution in [0.2, 0.25) is 0 Å². The van der Waals surface area contributed by atoms with Gasteiger partial charge in [0.15, 0.2) is 0 Å². The van der Waals surface area contributed by atoms with Crippen LogP contribution < -0.4 is 4.74 Å². The van der Waals surface area contributed by atoms with Crippen molar-refractivity contribution in [2.24, 2.45) is 5.92 Å². The fraction of sp³-hybridized carbons (Fsp3) is 0.500. The van der Waals surface area contributed by atoms with Crippen molar-refractivity contribution in [1.82, 2.24) is 0 Å². The second kappa shape index (κ2) is 3.28. The normalized spacial score (nSPS) is 24.9. The summed E-state index contributed by atoms with van der Waals surface area (Å²) in [6.45, 7) is 4.16. The van der Waals surface area contributed by atoms with Gasteiger partial charge in [0.05, 0.1) is 13.2 Å². The van der Waals surface area contributed by atoms with Gasteiger partial charge in [0, 0.05) is 5.56 Å². The summed E-state index contributed by atoms with van der Waals surface area (Å²) in [7, 11) is 1.65. The monoisotopic (exact) mass is 192 g/mol. The van der Waals surface area contributed by atoms with Crippen molar-refractivity contribution in [3.8, 4) is 5.75 Å². The molecule has 1 aliphatic carbocycles. The van der Waals surface area contributed by atoms with Crippen LogP contribution in [0.3, 0.4) is 0 Å². The van der Waals surface area contributed by atoms with Crippen LogP contribution in [0, 0.1) is 12.8 Å². The first-order chi connectivity index (χ1) is 6.65. The molecule has 0 heterocycles. The molecule has 0 bridgehead atoms. The SMILES string of the molecule is COc1ccc(C)c2c1C(O)C(C)C2. The van der Waals surface area contributed by atoms with E-state index in [1.54, 1.807) is 7.11 Å². The van der Waals surface area contributed by atoms with Gasteiger partial charge in [0.1, 0.15) is 5.75 Å². The molecule has 0 radical (unpaired) electrons. The van der Waals surface area contributed by atoms with Gasteiger partial charge in [-0.25, -0.2) is 0 Å². The molecule has 0 amide bonds. The molecule has 76 valence electrons. The van der Waals surface area contributed by atoms with Gasteiger partial charge in [-0.2, -0.15) is 0 Å². The standard InChI is InChI=1S/C12H16O2/c1-7-4-5-10(14-3)11-9(7)6-8(2)12(11)13/h4-5,8,12-13H,6H2,1-3H3. The van der Waals surface area contributed by atoms with Gasteiger partial charge in [0.25, 0.3) is 0 Å². The van der Waals surface area contributed by atoms with Crippen molar-refractivity contribution in [3.63, 3.8) is 0 Å². The summed E-state index contributed by atoms with van der Waals surface area (Å²) in [5, 5.41) is 10.0. The van der Waals surface area contributed by atoms with Crippen LogP contribution in [-0.2, 0) is 6.42 Å². The highest BCUT2D eigenvalue weighted by Crippen LogP contribution is 2.42. The Morgan fingerprint density at radius 1 is 1.43 bits per heavy atom. The molecule has 0 saturated heterocycles. The van der Waals surface area contributed by atoms with E-state index in [0.717, 1.165) is 17.7 Å². The van der Waals surface area contributed by atoms with Crippen molar-refractivity contribution in [3.05, 3.63) is 28.8 Å². The van der Waals surface area contributed by atoms with Crippen LogP contribution >= 0.6 is 0 Å². The van der Waals surface area contributed by atoms with Crippen molar-refractivity contribution in [1.29, 1.82) is 0 Å². The molecule has 0 aromatic heterocycles. The Kier molecular flexibility index (Phi) is 2.23. The molecular formula is C12H16O2. The first kappa shape index (κ1) is 9.53.